The maximum Gasteiger partial charge on any atom is 0.311 e. The number of anilines is 2. The van der Waals surface area contributed by atoms with E-state index in [0.29, 0.717) is 0 Å². The normalized spacial score (nSPS) is 22.9. The first kappa shape index (κ1) is 12.6. The summed E-state index contributed by atoms with van der Waals surface area (Å²) >= 11 is 0. The van der Waals surface area contributed by atoms with Crippen LogP contribution in [0.2, 0.25) is 0 Å². The molecule has 7 nitrogen and oxygen atoms in total. The topological polar surface area (TPSA) is 103 Å². The zero-order valence-corrected chi connectivity index (χ0v) is 10.1. The van der Waals surface area contributed by atoms with E-state index in [1.807, 2.05) is 0 Å². The molecule has 1 aromatic heterocycles. The van der Waals surface area contributed by atoms with Gasteiger partial charge in [-0.2, -0.15) is 0 Å². The fourth-order valence-corrected chi connectivity index (χ4v) is 2.20. The summed E-state index contributed by atoms with van der Waals surface area (Å²) in [5, 5.41) is 14.0. The van der Waals surface area contributed by atoms with E-state index in [9.17, 15) is 10.1 Å². The Labute approximate surface area is 104 Å². The number of hydrogen-bond acceptors (Lipinski definition) is 6. The van der Waals surface area contributed by atoms with Crippen molar-refractivity contribution in [1.29, 1.82) is 0 Å². The van der Waals surface area contributed by atoms with Crippen LogP contribution in [0.1, 0.15) is 19.3 Å². The van der Waals surface area contributed by atoms with Gasteiger partial charge in [-0.25, -0.2) is 4.98 Å². The third-order valence-electron chi connectivity index (χ3n) is 3.15. The summed E-state index contributed by atoms with van der Waals surface area (Å²) in [4.78, 5) is 14.4. The Morgan fingerprint density at radius 2 is 2.33 bits per heavy atom. The predicted octanol–water partition coefficient (Wildman–Crippen LogP) is 1.55. The van der Waals surface area contributed by atoms with Gasteiger partial charge in [-0.1, -0.05) is 0 Å². The minimum atomic E-state index is -0.461. The molecule has 0 aromatic carbocycles. The lowest BCUT2D eigenvalue weighted by Crippen LogP contribution is -2.19. The molecule has 7 heteroatoms. The summed E-state index contributed by atoms with van der Waals surface area (Å²) in [6, 6.07) is 2.94. The molecule has 2 rings (SSSR count). The van der Waals surface area contributed by atoms with Crippen molar-refractivity contribution in [3.63, 3.8) is 0 Å². The summed E-state index contributed by atoms with van der Waals surface area (Å²) in [6.07, 6.45) is 2.89. The number of aromatic nitrogens is 1. The molecule has 0 bridgehead atoms. The van der Waals surface area contributed by atoms with E-state index >= 15 is 0 Å². The van der Waals surface area contributed by atoms with Gasteiger partial charge in [-0.3, -0.25) is 10.1 Å². The van der Waals surface area contributed by atoms with Crippen LogP contribution in [0.25, 0.3) is 0 Å². The Bertz CT molecular complexity index is 452. The monoisotopic (exact) mass is 252 g/mol. The van der Waals surface area contributed by atoms with Crippen molar-refractivity contribution < 1.29 is 9.66 Å². The summed E-state index contributed by atoms with van der Waals surface area (Å²) in [5.41, 5.74) is 5.51. The highest BCUT2D eigenvalue weighted by atomic mass is 16.6. The zero-order valence-electron chi connectivity index (χ0n) is 10.1. The van der Waals surface area contributed by atoms with Crippen LogP contribution in [-0.4, -0.2) is 29.2 Å². The summed E-state index contributed by atoms with van der Waals surface area (Å²) in [6.45, 7) is 0. The molecule has 18 heavy (non-hydrogen) atoms. The number of rotatable bonds is 4. The van der Waals surface area contributed by atoms with Crippen molar-refractivity contribution in [2.45, 2.75) is 31.4 Å². The lowest BCUT2D eigenvalue weighted by molar-refractivity contribution is -0.384. The summed E-state index contributed by atoms with van der Waals surface area (Å²) in [5.74, 6) is 0.506. The summed E-state index contributed by atoms with van der Waals surface area (Å²) in [7, 11) is 1.67. The molecule has 1 saturated carbocycles. The Morgan fingerprint density at radius 1 is 1.56 bits per heavy atom. The van der Waals surface area contributed by atoms with E-state index in [1.165, 1.54) is 12.1 Å². The van der Waals surface area contributed by atoms with E-state index in [1.54, 1.807) is 7.11 Å². The molecule has 1 heterocycles. The first-order chi connectivity index (χ1) is 8.60. The first-order valence-electron chi connectivity index (χ1n) is 5.80. The molecule has 98 valence electrons. The Morgan fingerprint density at radius 3 is 2.94 bits per heavy atom. The van der Waals surface area contributed by atoms with Gasteiger partial charge >= 0.3 is 5.69 Å². The number of nitrogens with two attached hydrogens (primary N) is 1. The molecule has 1 fully saturated rings. The molecule has 2 unspecified atom stereocenters. The van der Waals surface area contributed by atoms with Crippen molar-refractivity contribution in [3.8, 4) is 0 Å². The standard InChI is InChI=1S/C11H16N4O3/c1-18-8-3-2-7(6-8)13-11-9(15(16)17)4-5-10(12)14-11/h4-5,7-8H,2-3,6H2,1H3,(H3,12,13,14). The van der Waals surface area contributed by atoms with Crippen LogP contribution in [0, 0.1) is 10.1 Å². The maximum atomic E-state index is 10.9. The van der Waals surface area contributed by atoms with Gasteiger partial charge < -0.3 is 15.8 Å². The van der Waals surface area contributed by atoms with Crippen molar-refractivity contribution in [2.24, 2.45) is 0 Å². The van der Waals surface area contributed by atoms with Crippen LogP contribution < -0.4 is 11.1 Å². The van der Waals surface area contributed by atoms with Gasteiger partial charge in [-0.05, 0) is 25.3 Å². The van der Waals surface area contributed by atoms with Crippen molar-refractivity contribution >= 4 is 17.3 Å². The number of pyridine rings is 1. The third-order valence-corrected chi connectivity index (χ3v) is 3.15. The van der Waals surface area contributed by atoms with Crippen LogP contribution in [0.5, 0.6) is 0 Å². The second-order valence-electron chi connectivity index (χ2n) is 4.37. The molecule has 0 aliphatic heterocycles. The Balaban J connectivity index is 2.13. The van der Waals surface area contributed by atoms with Crippen LogP contribution in [-0.2, 0) is 4.74 Å². The van der Waals surface area contributed by atoms with Crippen molar-refractivity contribution in [2.75, 3.05) is 18.2 Å². The lowest BCUT2D eigenvalue weighted by Gasteiger charge is -2.13. The van der Waals surface area contributed by atoms with Crippen molar-refractivity contribution in [3.05, 3.63) is 22.2 Å². The van der Waals surface area contributed by atoms with E-state index in [-0.39, 0.29) is 29.5 Å². The minimum Gasteiger partial charge on any atom is -0.384 e. The fraction of sp³-hybridized carbons (Fsp3) is 0.545. The summed E-state index contributed by atoms with van der Waals surface area (Å²) < 4.78 is 5.26. The van der Waals surface area contributed by atoms with Gasteiger partial charge in [0.2, 0.25) is 5.82 Å². The van der Waals surface area contributed by atoms with Gasteiger partial charge in [0.1, 0.15) is 5.82 Å². The number of hydrogen-bond donors (Lipinski definition) is 2. The van der Waals surface area contributed by atoms with Gasteiger partial charge in [0.05, 0.1) is 11.0 Å². The predicted molar refractivity (Wildman–Crippen MR) is 67.4 cm³/mol. The number of nitrogens with zero attached hydrogens (tertiary/aromatic N) is 2. The molecular formula is C11H16N4O3. The maximum absolute atomic E-state index is 10.9. The number of nitrogens with one attached hydrogen (secondary N) is 1. The number of methoxy groups -OCH3 is 1. The molecule has 1 aromatic rings. The second kappa shape index (κ2) is 5.18. The fourth-order valence-electron chi connectivity index (χ4n) is 2.20. The molecule has 0 radical (unpaired) electrons. The number of nitro groups is 1. The molecule has 0 saturated heterocycles. The Hall–Kier alpha value is -1.89. The molecular weight excluding hydrogens is 236 g/mol. The highest BCUT2D eigenvalue weighted by molar-refractivity contribution is 5.59. The van der Waals surface area contributed by atoms with E-state index in [4.69, 9.17) is 10.5 Å². The van der Waals surface area contributed by atoms with Crippen molar-refractivity contribution in [1.82, 2.24) is 4.98 Å². The number of nitrogen functional groups attached to an aromatic ring is 1. The highest BCUT2D eigenvalue weighted by Gasteiger charge is 2.27. The van der Waals surface area contributed by atoms with Crippen LogP contribution >= 0.6 is 0 Å². The molecule has 1 aliphatic rings. The molecule has 1 aliphatic carbocycles. The van der Waals surface area contributed by atoms with Crippen LogP contribution in [0.4, 0.5) is 17.3 Å². The SMILES string of the molecule is COC1CCC(Nc2nc(N)ccc2[N+](=O)[O-])C1. The quantitative estimate of drug-likeness (QED) is 0.622. The first-order valence-corrected chi connectivity index (χ1v) is 5.80. The average molecular weight is 252 g/mol. The van der Waals surface area contributed by atoms with Gasteiger partial charge in [0.15, 0.2) is 0 Å². The zero-order chi connectivity index (χ0) is 13.1. The van der Waals surface area contributed by atoms with E-state index < -0.39 is 4.92 Å². The largest absolute Gasteiger partial charge is 0.384 e. The molecule has 3 N–H and O–H groups in total. The Kier molecular flexibility index (Phi) is 3.61. The molecule has 0 spiro atoms. The minimum absolute atomic E-state index is 0.0509. The van der Waals surface area contributed by atoms with Gasteiger partial charge in [0, 0.05) is 19.2 Å². The smallest absolute Gasteiger partial charge is 0.311 e. The molecule has 2 atom stereocenters. The lowest BCUT2D eigenvalue weighted by atomic mass is 10.2. The molecule has 0 amide bonds. The van der Waals surface area contributed by atoms with E-state index in [0.717, 1.165) is 19.3 Å². The second-order valence-corrected chi connectivity index (χ2v) is 4.37. The average Bonchev–Trinajstić information content (AvgIpc) is 2.76. The van der Waals surface area contributed by atoms with Crippen LogP contribution in [0.15, 0.2) is 12.1 Å². The van der Waals surface area contributed by atoms with Gasteiger partial charge in [-0.15, -0.1) is 0 Å². The highest BCUT2D eigenvalue weighted by Crippen LogP contribution is 2.29. The van der Waals surface area contributed by atoms with Gasteiger partial charge in [0.25, 0.3) is 0 Å². The number of ether oxygens (including phenoxy) is 1. The van der Waals surface area contributed by atoms with Crippen LogP contribution in [0.3, 0.4) is 0 Å². The third kappa shape index (κ3) is 2.67. The van der Waals surface area contributed by atoms with E-state index in [2.05, 4.69) is 10.3 Å².